The molecule has 0 aromatic heterocycles. The molecule has 1 aliphatic heterocycles. The summed E-state index contributed by atoms with van der Waals surface area (Å²) in [6.07, 6.45) is -0.660. The van der Waals surface area contributed by atoms with Crippen LogP contribution in [0.5, 0.6) is 0 Å². The lowest BCUT2D eigenvalue weighted by atomic mass is 9.90. The van der Waals surface area contributed by atoms with E-state index in [1.165, 1.54) is 0 Å². The van der Waals surface area contributed by atoms with Crippen molar-refractivity contribution < 1.29 is 19.4 Å². The molecule has 1 aromatic carbocycles. The number of ether oxygens (including phenoxy) is 1. The van der Waals surface area contributed by atoms with Crippen LogP contribution in [0.3, 0.4) is 0 Å². The lowest BCUT2D eigenvalue weighted by Crippen LogP contribution is -2.66. The molecular weight excluding hydrogens is 296 g/mol. The summed E-state index contributed by atoms with van der Waals surface area (Å²) in [4.78, 5) is 25.4. The molecule has 0 amide bonds. The standard InChI is InChI=1S/C17H24N2O4/c1-10-5-7-11(8-6-10)13(15(20)21)19-9-12(14(19)18)16(22)23-17(2,3)4/h5-8,12-14H,9,18H2,1-4H3,(H,20,21). The van der Waals surface area contributed by atoms with E-state index in [4.69, 9.17) is 10.5 Å². The van der Waals surface area contributed by atoms with Gasteiger partial charge in [-0.2, -0.15) is 0 Å². The molecule has 23 heavy (non-hydrogen) atoms. The number of hydrogen-bond donors (Lipinski definition) is 2. The monoisotopic (exact) mass is 320 g/mol. The third-order valence-corrected chi connectivity index (χ3v) is 3.87. The average molecular weight is 320 g/mol. The first-order chi connectivity index (χ1) is 10.6. The second-order valence-corrected chi connectivity index (χ2v) is 6.98. The van der Waals surface area contributed by atoms with Crippen molar-refractivity contribution in [2.24, 2.45) is 11.7 Å². The summed E-state index contributed by atoms with van der Waals surface area (Å²) >= 11 is 0. The molecule has 0 saturated carbocycles. The molecular formula is C17H24N2O4. The number of likely N-dealkylation sites (tertiary alicyclic amines) is 1. The summed E-state index contributed by atoms with van der Waals surface area (Å²) in [6, 6.07) is 6.43. The van der Waals surface area contributed by atoms with Gasteiger partial charge in [0.2, 0.25) is 0 Å². The minimum atomic E-state index is -0.980. The Morgan fingerprint density at radius 3 is 2.30 bits per heavy atom. The third-order valence-electron chi connectivity index (χ3n) is 3.87. The molecule has 1 saturated heterocycles. The van der Waals surface area contributed by atoms with Crippen molar-refractivity contribution >= 4 is 11.9 Å². The average Bonchev–Trinajstić information content (AvgIpc) is 2.41. The first-order valence-corrected chi connectivity index (χ1v) is 7.64. The summed E-state index contributed by atoms with van der Waals surface area (Å²) in [6.45, 7) is 7.59. The molecule has 6 heteroatoms. The van der Waals surface area contributed by atoms with E-state index in [9.17, 15) is 14.7 Å². The Bertz CT molecular complexity index is 592. The molecule has 3 atom stereocenters. The lowest BCUT2D eigenvalue weighted by Gasteiger charge is -2.47. The largest absolute Gasteiger partial charge is 0.480 e. The number of aliphatic carboxylic acids is 1. The van der Waals surface area contributed by atoms with Crippen LogP contribution in [0, 0.1) is 12.8 Å². The van der Waals surface area contributed by atoms with Crippen LogP contribution in [-0.4, -0.2) is 40.3 Å². The van der Waals surface area contributed by atoms with Gasteiger partial charge in [0.15, 0.2) is 0 Å². The van der Waals surface area contributed by atoms with E-state index in [0.717, 1.165) is 5.56 Å². The van der Waals surface area contributed by atoms with Crippen molar-refractivity contribution in [1.82, 2.24) is 4.90 Å². The Balaban J connectivity index is 2.11. The van der Waals surface area contributed by atoms with E-state index < -0.39 is 29.7 Å². The summed E-state index contributed by atoms with van der Waals surface area (Å²) in [7, 11) is 0. The van der Waals surface area contributed by atoms with Crippen LogP contribution in [0.1, 0.15) is 37.9 Å². The molecule has 0 bridgehead atoms. The van der Waals surface area contributed by atoms with E-state index in [-0.39, 0.29) is 12.5 Å². The van der Waals surface area contributed by atoms with Crippen molar-refractivity contribution in [2.75, 3.05) is 6.54 Å². The van der Waals surface area contributed by atoms with Gasteiger partial charge in [-0.25, -0.2) is 0 Å². The molecule has 0 aliphatic carbocycles. The molecule has 6 nitrogen and oxygen atoms in total. The highest BCUT2D eigenvalue weighted by Crippen LogP contribution is 2.33. The molecule has 0 spiro atoms. The number of nitrogens with zero attached hydrogens (tertiary/aromatic N) is 1. The van der Waals surface area contributed by atoms with Crippen LogP contribution < -0.4 is 5.73 Å². The predicted octanol–water partition coefficient (Wildman–Crippen LogP) is 1.68. The summed E-state index contributed by atoms with van der Waals surface area (Å²) in [5, 5.41) is 9.55. The smallest absolute Gasteiger partial charge is 0.325 e. The molecule has 126 valence electrons. The fraction of sp³-hybridized carbons (Fsp3) is 0.529. The predicted molar refractivity (Wildman–Crippen MR) is 85.6 cm³/mol. The normalized spacial score (nSPS) is 23.0. The van der Waals surface area contributed by atoms with Gasteiger partial charge < -0.3 is 15.6 Å². The topological polar surface area (TPSA) is 92.9 Å². The fourth-order valence-corrected chi connectivity index (χ4v) is 2.64. The highest BCUT2D eigenvalue weighted by Gasteiger charge is 2.48. The Labute approximate surface area is 136 Å². The maximum atomic E-state index is 12.1. The maximum Gasteiger partial charge on any atom is 0.325 e. The Kier molecular flexibility index (Phi) is 4.77. The number of carbonyl (C=O) groups is 2. The SMILES string of the molecule is Cc1ccc(C(C(=O)O)N2CC(C(=O)OC(C)(C)C)C2N)cc1. The number of esters is 1. The van der Waals surface area contributed by atoms with Crippen LogP contribution in [0.4, 0.5) is 0 Å². The second kappa shape index (κ2) is 6.29. The van der Waals surface area contributed by atoms with Crippen LogP contribution >= 0.6 is 0 Å². The quantitative estimate of drug-likeness (QED) is 0.820. The zero-order valence-corrected chi connectivity index (χ0v) is 13.9. The number of carboxylic acid groups (broad SMARTS) is 1. The number of carbonyl (C=O) groups excluding carboxylic acids is 1. The van der Waals surface area contributed by atoms with E-state index in [1.807, 2.05) is 19.1 Å². The molecule has 1 aromatic rings. The summed E-state index contributed by atoms with van der Waals surface area (Å²) in [5.74, 6) is -1.86. The van der Waals surface area contributed by atoms with Crippen molar-refractivity contribution in [3.8, 4) is 0 Å². The van der Waals surface area contributed by atoms with E-state index in [1.54, 1.807) is 37.8 Å². The van der Waals surface area contributed by atoms with Gasteiger partial charge >= 0.3 is 11.9 Å². The summed E-state index contributed by atoms with van der Waals surface area (Å²) < 4.78 is 5.33. The second-order valence-electron chi connectivity index (χ2n) is 6.98. The number of rotatable bonds is 4. The Hall–Kier alpha value is -1.92. The van der Waals surface area contributed by atoms with Gasteiger partial charge in [-0.05, 0) is 33.3 Å². The minimum absolute atomic E-state index is 0.279. The maximum absolute atomic E-state index is 12.1. The van der Waals surface area contributed by atoms with Crippen LogP contribution in [0.15, 0.2) is 24.3 Å². The highest BCUT2D eigenvalue weighted by molar-refractivity contribution is 5.78. The van der Waals surface area contributed by atoms with Gasteiger partial charge in [-0.3, -0.25) is 14.5 Å². The van der Waals surface area contributed by atoms with Gasteiger partial charge in [-0.15, -0.1) is 0 Å². The van der Waals surface area contributed by atoms with Crippen molar-refractivity contribution in [2.45, 2.75) is 45.5 Å². The zero-order valence-electron chi connectivity index (χ0n) is 13.9. The number of aryl methyl sites for hydroxylation is 1. The van der Waals surface area contributed by atoms with Crippen molar-refractivity contribution in [3.63, 3.8) is 0 Å². The zero-order chi connectivity index (χ0) is 17.4. The molecule has 3 unspecified atom stereocenters. The van der Waals surface area contributed by atoms with Crippen LogP contribution in [0.25, 0.3) is 0 Å². The minimum Gasteiger partial charge on any atom is -0.480 e. The van der Waals surface area contributed by atoms with Gasteiger partial charge in [-0.1, -0.05) is 29.8 Å². The highest BCUT2D eigenvalue weighted by atomic mass is 16.6. The molecule has 1 heterocycles. The van der Waals surface area contributed by atoms with Crippen molar-refractivity contribution in [1.29, 1.82) is 0 Å². The molecule has 1 fully saturated rings. The number of nitrogens with two attached hydrogens (primary N) is 1. The molecule has 3 N–H and O–H groups in total. The van der Waals surface area contributed by atoms with Gasteiger partial charge in [0, 0.05) is 6.54 Å². The van der Waals surface area contributed by atoms with Crippen LogP contribution in [0.2, 0.25) is 0 Å². The van der Waals surface area contributed by atoms with Gasteiger partial charge in [0.25, 0.3) is 0 Å². The molecule has 2 rings (SSSR count). The fourth-order valence-electron chi connectivity index (χ4n) is 2.64. The number of benzene rings is 1. The first kappa shape index (κ1) is 17.4. The summed E-state index contributed by atoms with van der Waals surface area (Å²) in [5.41, 5.74) is 7.18. The van der Waals surface area contributed by atoms with E-state index >= 15 is 0 Å². The van der Waals surface area contributed by atoms with Crippen molar-refractivity contribution in [3.05, 3.63) is 35.4 Å². The Morgan fingerprint density at radius 2 is 1.87 bits per heavy atom. The number of hydrogen-bond acceptors (Lipinski definition) is 5. The van der Waals surface area contributed by atoms with E-state index in [0.29, 0.717) is 5.56 Å². The molecule has 0 radical (unpaired) electrons. The molecule has 1 aliphatic rings. The van der Waals surface area contributed by atoms with Gasteiger partial charge in [0.05, 0.1) is 12.1 Å². The number of carboxylic acids is 1. The van der Waals surface area contributed by atoms with Crippen LogP contribution in [-0.2, 0) is 14.3 Å². The van der Waals surface area contributed by atoms with E-state index in [2.05, 4.69) is 0 Å². The Morgan fingerprint density at radius 1 is 1.30 bits per heavy atom. The first-order valence-electron chi connectivity index (χ1n) is 7.64. The third kappa shape index (κ3) is 3.89. The lowest BCUT2D eigenvalue weighted by molar-refractivity contribution is -0.176. The van der Waals surface area contributed by atoms with Gasteiger partial charge in [0.1, 0.15) is 11.6 Å².